The van der Waals surface area contributed by atoms with Crippen LogP contribution in [0.4, 0.5) is 0 Å². The fourth-order valence-electron chi connectivity index (χ4n) is 4.29. The van der Waals surface area contributed by atoms with Gasteiger partial charge in [0.1, 0.15) is 0 Å². The van der Waals surface area contributed by atoms with Gasteiger partial charge in [-0.15, -0.1) is 0 Å². The summed E-state index contributed by atoms with van der Waals surface area (Å²) in [5.41, 5.74) is 2.73. The highest BCUT2D eigenvalue weighted by Gasteiger charge is 2.28. The lowest BCUT2D eigenvalue weighted by Crippen LogP contribution is -2.50. The van der Waals surface area contributed by atoms with Crippen molar-refractivity contribution in [1.29, 1.82) is 0 Å². The Morgan fingerprint density at radius 2 is 1.00 bits per heavy atom. The molecule has 1 heterocycles. The molecular formula is C35H36N2. The second kappa shape index (κ2) is 13.0. The minimum atomic E-state index is -3.00. The van der Waals surface area contributed by atoms with E-state index in [2.05, 4.69) is 0 Å². The van der Waals surface area contributed by atoms with Crippen LogP contribution in [0, 0.1) is 0 Å². The van der Waals surface area contributed by atoms with Crippen molar-refractivity contribution in [3.63, 3.8) is 0 Å². The number of piperazine rings is 1. The predicted octanol–water partition coefficient (Wildman–Crippen LogP) is 7.58. The zero-order chi connectivity index (χ0) is 32.3. The smallest absolute Gasteiger partial charge is 0.0602 e. The van der Waals surface area contributed by atoms with E-state index in [0.29, 0.717) is 11.1 Å². The van der Waals surface area contributed by atoms with Crippen molar-refractivity contribution in [3.8, 4) is 0 Å². The first-order valence-corrected chi connectivity index (χ1v) is 12.5. The van der Waals surface area contributed by atoms with E-state index in [0.717, 1.165) is 20.9 Å². The van der Waals surface area contributed by atoms with Gasteiger partial charge in [-0.2, -0.15) is 0 Å². The Morgan fingerprint density at radius 3 is 1.51 bits per heavy atom. The normalized spacial score (nSPS) is 24.7. The summed E-state index contributed by atoms with van der Waals surface area (Å²) in [6.07, 6.45) is 7.10. The van der Waals surface area contributed by atoms with E-state index in [1.54, 1.807) is 78.9 Å². The van der Waals surface area contributed by atoms with E-state index in [4.69, 9.17) is 0 Å². The monoisotopic (exact) mass is 492 g/mol. The minimum Gasteiger partial charge on any atom is -0.294 e. The van der Waals surface area contributed by atoms with Crippen LogP contribution in [0.3, 0.4) is 0 Å². The highest BCUT2D eigenvalue weighted by atomic mass is 15.3. The molecule has 0 spiro atoms. The van der Waals surface area contributed by atoms with Crippen molar-refractivity contribution >= 4 is 12.2 Å². The summed E-state index contributed by atoms with van der Waals surface area (Å²) in [6, 6.07) is 34.1. The number of nitrogens with zero attached hydrogens (tertiary/aromatic N) is 2. The molecule has 0 N–H and O–H groups in total. The van der Waals surface area contributed by atoms with E-state index in [-0.39, 0.29) is 6.42 Å². The van der Waals surface area contributed by atoms with Crippen LogP contribution >= 0.6 is 0 Å². The van der Waals surface area contributed by atoms with E-state index < -0.39 is 38.1 Å². The van der Waals surface area contributed by atoms with Crippen LogP contribution in [0.1, 0.15) is 45.7 Å². The number of benzene rings is 4. The Balaban J connectivity index is 1.64. The third kappa shape index (κ3) is 6.95. The van der Waals surface area contributed by atoms with Gasteiger partial charge in [0.05, 0.1) is 6.04 Å². The first-order chi connectivity index (χ1) is 21.4. The summed E-state index contributed by atoms with van der Waals surface area (Å²) in [5, 5.41) is 0. The van der Waals surface area contributed by atoms with Crippen molar-refractivity contribution in [2.24, 2.45) is 0 Å². The molecule has 0 aliphatic carbocycles. The average molecular weight is 493 g/mol. The van der Waals surface area contributed by atoms with Crippen LogP contribution in [-0.4, -0.2) is 41.8 Å². The molecule has 1 atom stereocenters. The fraction of sp³-hybridized carbons (Fsp3) is 0.200. The predicted molar refractivity (Wildman–Crippen MR) is 157 cm³/mol. The minimum absolute atomic E-state index is 0.101. The Labute approximate surface area is 233 Å². The maximum absolute atomic E-state index is 9.31. The SMILES string of the molecule is [2H]C1([2H])N(C(/C=C/c2ccccc2)C/C=C/c2ccccc2)C([2H])([2H])C([2H])([2H])N(C(c2ccccc2)c2ccccc2)C1([2H])[2H]. The number of hydrogen-bond donors (Lipinski definition) is 0. The molecule has 0 saturated carbocycles. The molecule has 1 aliphatic rings. The van der Waals surface area contributed by atoms with Crippen LogP contribution < -0.4 is 0 Å². The Bertz CT molecular complexity index is 1530. The van der Waals surface area contributed by atoms with Crippen LogP contribution in [0.25, 0.3) is 12.2 Å². The summed E-state index contributed by atoms with van der Waals surface area (Å²) in [5.74, 6) is 0. The molecule has 1 aliphatic heterocycles. The van der Waals surface area contributed by atoms with Gasteiger partial charge < -0.3 is 0 Å². The Morgan fingerprint density at radius 1 is 0.568 bits per heavy atom. The molecule has 0 aromatic heterocycles. The zero-order valence-corrected chi connectivity index (χ0v) is 20.6. The second-order valence-electron chi connectivity index (χ2n) is 8.80. The molecule has 1 unspecified atom stereocenters. The maximum Gasteiger partial charge on any atom is 0.0602 e. The second-order valence-corrected chi connectivity index (χ2v) is 8.80. The first-order valence-electron chi connectivity index (χ1n) is 16.5. The van der Waals surface area contributed by atoms with E-state index in [9.17, 15) is 11.0 Å². The van der Waals surface area contributed by atoms with E-state index in [1.165, 1.54) is 0 Å². The molecule has 186 valence electrons. The van der Waals surface area contributed by atoms with Gasteiger partial charge in [0.2, 0.25) is 0 Å². The van der Waals surface area contributed by atoms with Gasteiger partial charge in [0, 0.05) is 43.0 Å². The summed E-state index contributed by atoms with van der Waals surface area (Å²) in [7, 11) is 0. The quantitative estimate of drug-likeness (QED) is 0.238. The molecule has 0 amide bonds. The Hall–Kier alpha value is -3.72. The van der Waals surface area contributed by atoms with Crippen molar-refractivity contribution in [2.45, 2.75) is 18.5 Å². The van der Waals surface area contributed by atoms with E-state index in [1.807, 2.05) is 66.7 Å². The number of hydrogen-bond acceptors (Lipinski definition) is 2. The van der Waals surface area contributed by atoms with Gasteiger partial charge in [0.25, 0.3) is 0 Å². The van der Waals surface area contributed by atoms with Gasteiger partial charge in [-0.1, -0.05) is 146 Å². The highest BCUT2D eigenvalue weighted by molar-refractivity contribution is 5.51. The summed E-state index contributed by atoms with van der Waals surface area (Å²) in [4.78, 5) is 1.50. The van der Waals surface area contributed by atoms with Crippen molar-refractivity contribution < 1.29 is 11.0 Å². The maximum atomic E-state index is 9.31. The molecule has 4 aromatic carbocycles. The standard InChI is InChI=1S/C35H36N2/c1-5-14-30(15-6-1)18-13-23-34(25-24-31-16-7-2-8-17-31)36-26-28-37(29-27-36)35(32-19-9-3-10-20-32)33-21-11-4-12-22-33/h1-22,24-25,34-35H,23,26-29H2/b18-13+,25-24+/i26D2,27D2,28D2,29D2. The highest BCUT2D eigenvalue weighted by Crippen LogP contribution is 2.30. The molecule has 4 aromatic rings. The van der Waals surface area contributed by atoms with Crippen molar-refractivity contribution in [1.82, 2.24) is 9.80 Å². The molecule has 5 rings (SSSR count). The molecule has 0 radical (unpaired) electrons. The third-order valence-corrected chi connectivity index (χ3v) is 6.20. The lowest BCUT2D eigenvalue weighted by molar-refractivity contribution is 0.0928. The average Bonchev–Trinajstić information content (AvgIpc) is 3.03. The van der Waals surface area contributed by atoms with Gasteiger partial charge in [0.15, 0.2) is 0 Å². The van der Waals surface area contributed by atoms with Gasteiger partial charge in [-0.05, 0) is 28.7 Å². The molecule has 2 heteroatoms. The number of rotatable bonds is 9. The van der Waals surface area contributed by atoms with Crippen molar-refractivity contribution in [3.05, 3.63) is 156 Å². The lowest BCUT2D eigenvalue weighted by Gasteiger charge is -2.42. The van der Waals surface area contributed by atoms with Gasteiger partial charge in [-0.25, -0.2) is 0 Å². The van der Waals surface area contributed by atoms with Crippen LogP contribution in [-0.2, 0) is 0 Å². The van der Waals surface area contributed by atoms with Crippen LogP contribution in [0.5, 0.6) is 0 Å². The van der Waals surface area contributed by atoms with Crippen molar-refractivity contribution in [2.75, 3.05) is 26.0 Å². The fourth-order valence-corrected chi connectivity index (χ4v) is 4.29. The molecule has 1 saturated heterocycles. The molecule has 37 heavy (non-hydrogen) atoms. The molecule has 0 bridgehead atoms. The van der Waals surface area contributed by atoms with Gasteiger partial charge in [-0.3, -0.25) is 9.80 Å². The molecular weight excluding hydrogens is 448 g/mol. The van der Waals surface area contributed by atoms with Gasteiger partial charge >= 0.3 is 0 Å². The van der Waals surface area contributed by atoms with E-state index >= 15 is 0 Å². The first kappa shape index (κ1) is 16.9. The summed E-state index contributed by atoms with van der Waals surface area (Å²) < 4.78 is 74.4. The summed E-state index contributed by atoms with van der Waals surface area (Å²) >= 11 is 0. The molecule has 1 fully saturated rings. The topological polar surface area (TPSA) is 6.48 Å². The molecule has 2 nitrogen and oxygen atoms in total. The third-order valence-electron chi connectivity index (χ3n) is 6.20. The van der Waals surface area contributed by atoms with Crippen LogP contribution in [0.15, 0.2) is 133 Å². The summed E-state index contributed by atoms with van der Waals surface area (Å²) in [6.45, 7) is -12.0. The Kier molecular flexibility index (Phi) is 5.95. The lowest BCUT2D eigenvalue weighted by atomic mass is 9.96. The zero-order valence-electron chi connectivity index (χ0n) is 28.6. The van der Waals surface area contributed by atoms with Crippen LogP contribution in [0.2, 0.25) is 0 Å². The largest absolute Gasteiger partial charge is 0.294 e.